The van der Waals surface area contributed by atoms with Crippen molar-refractivity contribution in [1.29, 1.82) is 0 Å². The Hall–Kier alpha value is -1.26. The van der Waals surface area contributed by atoms with Crippen LogP contribution in [-0.2, 0) is 0 Å². The number of carbonyl (C=O) groups excluding carboxylic acids is 1. The van der Waals surface area contributed by atoms with Gasteiger partial charge in [-0.1, -0.05) is 15.9 Å². The Balaban J connectivity index is 2.31. The third-order valence-electron chi connectivity index (χ3n) is 2.61. The summed E-state index contributed by atoms with van der Waals surface area (Å²) in [6.45, 7) is 1.53. The summed E-state index contributed by atoms with van der Waals surface area (Å²) in [5, 5.41) is 0. The summed E-state index contributed by atoms with van der Waals surface area (Å²) in [7, 11) is 0. The molecule has 2 nitrogen and oxygen atoms in total. The number of carbonyl (C=O) groups is 1. The average molecular weight is 337 g/mol. The van der Waals surface area contributed by atoms with Crippen molar-refractivity contribution in [3.63, 3.8) is 0 Å². The predicted octanol–water partition coefficient (Wildman–Crippen LogP) is 5.17. The molecular weight excluding hydrogens is 324 g/mol. The van der Waals surface area contributed by atoms with Crippen molar-refractivity contribution in [3.05, 3.63) is 52.5 Å². The largest absolute Gasteiger partial charge is 0.457 e. The Morgan fingerprint density at radius 3 is 2.42 bits per heavy atom. The molecule has 0 saturated heterocycles. The molecule has 0 aromatic heterocycles. The van der Waals surface area contributed by atoms with E-state index in [-0.39, 0.29) is 5.78 Å². The number of hydrogen-bond donors (Lipinski definition) is 0. The fourth-order valence-corrected chi connectivity index (χ4v) is 2.39. The van der Waals surface area contributed by atoms with E-state index in [1.165, 1.54) is 11.8 Å². The molecular formula is C15H13BrO2S. The van der Waals surface area contributed by atoms with Gasteiger partial charge in [0.2, 0.25) is 0 Å². The van der Waals surface area contributed by atoms with Gasteiger partial charge >= 0.3 is 0 Å². The lowest BCUT2D eigenvalue weighted by Crippen LogP contribution is -1.97. The van der Waals surface area contributed by atoms with Crippen molar-refractivity contribution in [2.45, 2.75) is 11.8 Å². The number of Topliss-reactive ketones (excluding diaryl/α,β-unsaturated/α-hetero) is 1. The average Bonchev–Trinajstić information content (AvgIpc) is 2.39. The van der Waals surface area contributed by atoms with Crippen molar-refractivity contribution < 1.29 is 9.53 Å². The zero-order valence-electron chi connectivity index (χ0n) is 10.6. The van der Waals surface area contributed by atoms with Crippen LogP contribution in [0, 0.1) is 0 Å². The van der Waals surface area contributed by atoms with Gasteiger partial charge < -0.3 is 4.74 Å². The van der Waals surface area contributed by atoms with E-state index in [0.29, 0.717) is 11.3 Å². The number of halogens is 1. The standard InChI is InChI=1S/C15H13BrO2S/c1-10(17)14-8-3-11(16)9-15(14)18-12-4-6-13(19-2)7-5-12/h3-9H,1-2H3. The summed E-state index contributed by atoms with van der Waals surface area (Å²) in [5.74, 6) is 1.28. The maximum atomic E-state index is 11.6. The topological polar surface area (TPSA) is 26.3 Å². The summed E-state index contributed by atoms with van der Waals surface area (Å²) >= 11 is 5.06. The first-order chi connectivity index (χ1) is 9.10. The van der Waals surface area contributed by atoms with E-state index in [2.05, 4.69) is 15.9 Å². The molecule has 0 heterocycles. The smallest absolute Gasteiger partial charge is 0.163 e. The van der Waals surface area contributed by atoms with Crippen LogP contribution in [0.25, 0.3) is 0 Å². The molecule has 0 fully saturated rings. The van der Waals surface area contributed by atoms with E-state index < -0.39 is 0 Å². The molecule has 0 aliphatic heterocycles. The maximum absolute atomic E-state index is 11.6. The van der Waals surface area contributed by atoms with Gasteiger partial charge in [-0.15, -0.1) is 11.8 Å². The van der Waals surface area contributed by atoms with Crippen LogP contribution in [-0.4, -0.2) is 12.0 Å². The fraction of sp³-hybridized carbons (Fsp3) is 0.133. The van der Waals surface area contributed by atoms with Crippen molar-refractivity contribution in [1.82, 2.24) is 0 Å². The fourth-order valence-electron chi connectivity index (χ4n) is 1.64. The molecule has 0 aliphatic carbocycles. The van der Waals surface area contributed by atoms with Gasteiger partial charge in [0.15, 0.2) is 5.78 Å². The molecule has 98 valence electrons. The molecule has 2 rings (SSSR count). The number of thioether (sulfide) groups is 1. The van der Waals surface area contributed by atoms with Gasteiger partial charge in [0, 0.05) is 9.37 Å². The Kier molecular flexibility index (Phi) is 4.66. The van der Waals surface area contributed by atoms with E-state index >= 15 is 0 Å². The second-order valence-corrected chi connectivity index (χ2v) is 5.77. The number of ketones is 1. The normalized spacial score (nSPS) is 10.3. The molecule has 0 unspecified atom stereocenters. The molecule has 0 bridgehead atoms. The molecule has 0 amide bonds. The lowest BCUT2D eigenvalue weighted by Gasteiger charge is -2.10. The van der Waals surface area contributed by atoms with Gasteiger partial charge in [-0.25, -0.2) is 0 Å². The van der Waals surface area contributed by atoms with Crippen molar-refractivity contribution in [3.8, 4) is 11.5 Å². The minimum absolute atomic E-state index is 0.0109. The summed E-state index contributed by atoms with van der Waals surface area (Å²) in [4.78, 5) is 12.7. The summed E-state index contributed by atoms with van der Waals surface area (Å²) in [6, 6.07) is 13.2. The van der Waals surface area contributed by atoms with Crippen LogP contribution in [0.2, 0.25) is 0 Å². The SMILES string of the molecule is CSc1ccc(Oc2cc(Br)ccc2C(C)=O)cc1. The van der Waals surface area contributed by atoms with Crippen LogP contribution < -0.4 is 4.74 Å². The van der Waals surface area contributed by atoms with E-state index in [9.17, 15) is 4.79 Å². The zero-order chi connectivity index (χ0) is 13.8. The highest BCUT2D eigenvalue weighted by molar-refractivity contribution is 9.10. The van der Waals surface area contributed by atoms with Crippen LogP contribution in [0.5, 0.6) is 11.5 Å². The Labute approximate surface area is 125 Å². The number of rotatable bonds is 4. The van der Waals surface area contributed by atoms with Gasteiger partial charge in [0.25, 0.3) is 0 Å². The number of benzene rings is 2. The molecule has 0 atom stereocenters. The number of ether oxygens (including phenoxy) is 1. The highest BCUT2D eigenvalue weighted by Gasteiger charge is 2.10. The summed E-state index contributed by atoms with van der Waals surface area (Å²) < 4.78 is 6.67. The van der Waals surface area contributed by atoms with E-state index in [1.807, 2.05) is 36.6 Å². The lowest BCUT2D eigenvalue weighted by atomic mass is 10.1. The summed E-state index contributed by atoms with van der Waals surface area (Å²) in [5.41, 5.74) is 0.581. The van der Waals surface area contributed by atoms with Crippen LogP contribution >= 0.6 is 27.7 Å². The maximum Gasteiger partial charge on any atom is 0.163 e. The van der Waals surface area contributed by atoms with Crippen molar-refractivity contribution >= 4 is 33.5 Å². The van der Waals surface area contributed by atoms with Gasteiger partial charge in [-0.3, -0.25) is 4.79 Å². The summed E-state index contributed by atoms with van der Waals surface area (Å²) in [6.07, 6.45) is 2.03. The van der Waals surface area contributed by atoms with Crippen LogP contribution in [0.4, 0.5) is 0 Å². The molecule has 0 spiro atoms. The van der Waals surface area contributed by atoms with Gasteiger partial charge in [0.1, 0.15) is 11.5 Å². The third kappa shape index (κ3) is 3.61. The first-order valence-corrected chi connectivity index (χ1v) is 7.74. The van der Waals surface area contributed by atoms with Gasteiger partial charge in [-0.2, -0.15) is 0 Å². The first kappa shape index (κ1) is 14.2. The second-order valence-electron chi connectivity index (χ2n) is 3.97. The van der Waals surface area contributed by atoms with Crippen LogP contribution in [0.15, 0.2) is 51.8 Å². The molecule has 0 aliphatic rings. The van der Waals surface area contributed by atoms with Crippen molar-refractivity contribution in [2.75, 3.05) is 6.26 Å². The van der Waals surface area contributed by atoms with E-state index in [1.54, 1.807) is 23.9 Å². The molecule has 4 heteroatoms. The van der Waals surface area contributed by atoms with Gasteiger partial charge in [0.05, 0.1) is 5.56 Å². The lowest BCUT2D eigenvalue weighted by molar-refractivity contribution is 0.101. The highest BCUT2D eigenvalue weighted by Crippen LogP contribution is 2.30. The minimum Gasteiger partial charge on any atom is -0.457 e. The monoisotopic (exact) mass is 336 g/mol. The Morgan fingerprint density at radius 2 is 1.84 bits per heavy atom. The Morgan fingerprint density at radius 1 is 1.16 bits per heavy atom. The Bertz CT molecular complexity index is 594. The molecule has 2 aromatic carbocycles. The highest BCUT2D eigenvalue weighted by atomic mass is 79.9. The molecule has 0 N–H and O–H groups in total. The first-order valence-electron chi connectivity index (χ1n) is 5.72. The number of hydrogen-bond acceptors (Lipinski definition) is 3. The van der Waals surface area contributed by atoms with E-state index in [0.717, 1.165) is 10.2 Å². The third-order valence-corrected chi connectivity index (χ3v) is 3.85. The van der Waals surface area contributed by atoms with Gasteiger partial charge in [-0.05, 0) is 55.6 Å². The van der Waals surface area contributed by atoms with Crippen LogP contribution in [0.3, 0.4) is 0 Å². The second kappa shape index (κ2) is 6.26. The van der Waals surface area contributed by atoms with Crippen LogP contribution in [0.1, 0.15) is 17.3 Å². The van der Waals surface area contributed by atoms with E-state index in [4.69, 9.17) is 4.74 Å². The predicted molar refractivity (Wildman–Crippen MR) is 82.4 cm³/mol. The van der Waals surface area contributed by atoms with Crippen molar-refractivity contribution in [2.24, 2.45) is 0 Å². The molecule has 0 saturated carbocycles. The quantitative estimate of drug-likeness (QED) is 0.569. The minimum atomic E-state index is -0.0109. The zero-order valence-corrected chi connectivity index (χ0v) is 13.0. The molecule has 2 aromatic rings. The molecule has 19 heavy (non-hydrogen) atoms. The molecule has 0 radical (unpaired) electrons.